The molecule has 0 radical (unpaired) electrons. The second-order valence-corrected chi connectivity index (χ2v) is 5.68. The van der Waals surface area contributed by atoms with Crippen molar-refractivity contribution in [1.29, 1.82) is 0 Å². The summed E-state index contributed by atoms with van der Waals surface area (Å²) in [5.74, 6) is 1.80. The first kappa shape index (κ1) is 10.2. The third-order valence-corrected chi connectivity index (χ3v) is 4.22. The topological polar surface area (TPSA) is 43.1 Å². The molecule has 2 unspecified atom stereocenters. The van der Waals surface area contributed by atoms with Gasteiger partial charge in [0.1, 0.15) is 0 Å². The second kappa shape index (κ2) is 4.97. The Balaban J connectivity index is 2.07. The van der Waals surface area contributed by atoms with Crippen LogP contribution in [-0.2, 0) is 10.8 Å². The Morgan fingerprint density at radius 1 is 1.58 bits per heavy atom. The van der Waals surface area contributed by atoms with Gasteiger partial charge in [-0.05, 0) is 25.3 Å². The van der Waals surface area contributed by atoms with Crippen LogP contribution in [0.5, 0.6) is 0 Å². The number of nitrogens with two attached hydrogens (primary N) is 1. The first-order valence-corrected chi connectivity index (χ1v) is 6.19. The van der Waals surface area contributed by atoms with E-state index in [-0.39, 0.29) is 0 Å². The molecule has 3 heteroatoms. The van der Waals surface area contributed by atoms with E-state index in [2.05, 4.69) is 0 Å². The molecule has 0 spiro atoms. The Kier molecular flexibility index (Phi) is 4.22. The van der Waals surface area contributed by atoms with Crippen LogP contribution in [0.2, 0.25) is 0 Å². The Bertz CT molecular complexity index is 157. The fourth-order valence-corrected chi connectivity index (χ4v) is 2.62. The van der Waals surface area contributed by atoms with Gasteiger partial charge in [-0.15, -0.1) is 0 Å². The Morgan fingerprint density at radius 2 is 2.25 bits per heavy atom. The first-order chi connectivity index (χ1) is 5.74. The molecule has 2 nitrogen and oxygen atoms in total. The van der Waals surface area contributed by atoms with Gasteiger partial charge in [0, 0.05) is 21.8 Å². The van der Waals surface area contributed by atoms with E-state index in [9.17, 15) is 4.21 Å². The highest BCUT2D eigenvalue weighted by Gasteiger charge is 2.22. The summed E-state index contributed by atoms with van der Waals surface area (Å²) in [6, 6.07) is 0. The van der Waals surface area contributed by atoms with Crippen molar-refractivity contribution >= 4 is 10.8 Å². The van der Waals surface area contributed by atoms with E-state index >= 15 is 0 Å². The minimum absolute atomic E-state index is 0.300. The Hall–Kier alpha value is 0.110. The van der Waals surface area contributed by atoms with Crippen LogP contribution < -0.4 is 5.73 Å². The summed E-state index contributed by atoms with van der Waals surface area (Å²) in [6.07, 6.45) is 4.80. The largest absolute Gasteiger partial charge is 0.330 e. The molecule has 0 bridgehead atoms. The maximum absolute atomic E-state index is 11.5. The number of hydrogen-bond donors (Lipinski definition) is 1. The van der Waals surface area contributed by atoms with Gasteiger partial charge in [0.25, 0.3) is 0 Å². The van der Waals surface area contributed by atoms with Crippen LogP contribution in [0.1, 0.15) is 32.6 Å². The van der Waals surface area contributed by atoms with Crippen molar-refractivity contribution in [3.8, 4) is 0 Å². The van der Waals surface area contributed by atoms with Crippen molar-refractivity contribution in [2.75, 3.05) is 12.3 Å². The predicted molar refractivity (Wildman–Crippen MR) is 53.5 cm³/mol. The van der Waals surface area contributed by atoms with Gasteiger partial charge >= 0.3 is 0 Å². The lowest BCUT2D eigenvalue weighted by molar-refractivity contribution is 0.659. The standard InChI is InChI=1S/C9H19NOS/c1-8(4-6-10)12(11)7-5-9-2-3-9/h8-9H,2-7,10H2,1H3. The molecule has 12 heavy (non-hydrogen) atoms. The SMILES string of the molecule is CC(CCN)S(=O)CCC1CC1. The normalized spacial score (nSPS) is 22.2. The third-order valence-electron chi connectivity index (χ3n) is 2.45. The summed E-state index contributed by atoms with van der Waals surface area (Å²) < 4.78 is 11.5. The molecule has 0 heterocycles. The molecule has 2 N–H and O–H groups in total. The average Bonchev–Trinajstić information content (AvgIpc) is 2.83. The summed E-state index contributed by atoms with van der Waals surface area (Å²) in [5, 5.41) is 0.300. The zero-order valence-electron chi connectivity index (χ0n) is 7.79. The molecule has 1 saturated carbocycles. The van der Waals surface area contributed by atoms with E-state index in [0.717, 1.165) is 18.1 Å². The molecule has 1 fully saturated rings. The fraction of sp³-hybridized carbons (Fsp3) is 1.00. The summed E-state index contributed by atoms with van der Waals surface area (Å²) in [6.45, 7) is 2.70. The van der Waals surface area contributed by atoms with Gasteiger partial charge in [0.2, 0.25) is 0 Å². The summed E-state index contributed by atoms with van der Waals surface area (Å²) in [7, 11) is -0.625. The van der Waals surface area contributed by atoms with Gasteiger partial charge in [-0.2, -0.15) is 0 Å². The fourth-order valence-electron chi connectivity index (χ4n) is 1.26. The third kappa shape index (κ3) is 3.68. The van der Waals surface area contributed by atoms with Crippen molar-refractivity contribution in [3.63, 3.8) is 0 Å². The van der Waals surface area contributed by atoms with Gasteiger partial charge in [-0.1, -0.05) is 19.8 Å². The summed E-state index contributed by atoms with van der Waals surface area (Å²) in [4.78, 5) is 0. The molecule has 0 aromatic carbocycles. The zero-order valence-corrected chi connectivity index (χ0v) is 8.61. The molecule has 0 amide bonds. The maximum atomic E-state index is 11.5. The maximum Gasteiger partial charge on any atom is 0.0331 e. The van der Waals surface area contributed by atoms with Gasteiger partial charge < -0.3 is 5.73 Å². The molecule has 2 atom stereocenters. The lowest BCUT2D eigenvalue weighted by Crippen LogP contribution is -2.18. The van der Waals surface area contributed by atoms with E-state index in [1.54, 1.807) is 0 Å². The highest BCUT2D eigenvalue weighted by molar-refractivity contribution is 7.85. The molecule has 72 valence electrons. The molecule has 0 aliphatic heterocycles. The van der Waals surface area contributed by atoms with Crippen LogP contribution in [0.25, 0.3) is 0 Å². The van der Waals surface area contributed by atoms with Crippen LogP contribution in [0, 0.1) is 5.92 Å². The number of hydrogen-bond acceptors (Lipinski definition) is 2. The van der Waals surface area contributed by atoms with Crippen molar-refractivity contribution < 1.29 is 4.21 Å². The van der Waals surface area contributed by atoms with Crippen LogP contribution in [0.4, 0.5) is 0 Å². The molecular weight excluding hydrogens is 170 g/mol. The minimum atomic E-state index is -0.625. The summed E-state index contributed by atoms with van der Waals surface area (Å²) in [5.41, 5.74) is 5.40. The van der Waals surface area contributed by atoms with Crippen LogP contribution >= 0.6 is 0 Å². The monoisotopic (exact) mass is 189 g/mol. The highest BCUT2D eigenvalue weighted by atomic mass is 32.2. The zero-order chi connectivity index (χ0) is 8.97. The molecule has 1 aliphatic carbocycles. The molecular formula is C9H19NOS. The molecule has 0 aromatic rings. The Morgan fingerprint density at radius 3 is 2.75 bits per heavy atom. The predicted octanol–water partition coefficient (Wildman–Crippen LogP) is 1.27. The van der Waals surface area contributed by atoms with Crippen LogP contribution in [0.15, 0.2) is 0 Å². The van der Waals surface area contributed by atoms with Gasteiger partial charge in [-0.25, -0.2) is 0 Å². The highest BCUT2D eigenvalue weighted by Crippen LogP contribution is 2.32. The molecule has 1 rings (SSSR count). The van der Waals surface area contributed by atoms with Crippen molar-refractivity contribution in [1.82, 2.24) is 0 Å². The average molecular weight is 189 g/mol. The van der Waals surface area contributed by atoms with E-state index in [1.165, 1.54) is 19.3 Å². The summed E-state index contributed by atoms with van der Waals surface area (Å²) >= 11 is 0. The lowest BCUT2D eigenvalue weighted by atomic mass is 10.3. The van der Waals surface area contributed by atoms with Crippen molar-refractivity contribution in [2.45, 2.75) is 37.9 Å². The van der Waals surface area contributed by atoms with Gasteiger partial charge in [0.05, 0.1) is 0 Å². The van der Waals surface area contributed by atoms with Crippen LogP contribution in [0.3, 0.4) is 0 Å². The molecule has 0 saturated heterocycles. The van der Waals surface area contributed by atoms with E-state index in [0.29, 0.717) is 11.8 Å². The molecule has 1 aliphatic rings. The quantitative estimate of drug-likeness (QED) is 0.684. The van der Waals surface area contributed by atoms with Crippen molar-refractivity contribution in [3.05, 3.63) is 0 Å². The van der Waals surface area contributed by atoms with Gasteiger partial charge in [0.15, 0.2) is 0 Å². The van der Waals surface area contributed by atoms with Crippen molar-refractivity contribution in [2.24, 2.45) is 11.7 Å². The second-order valence-electron chi connectivity index (χ2n) is 3.70. The number of rotatable bonds is 6. The van der Waals surface area contributed by atoms with E-state index in [4.69, 9.17) is 5.73 Å². The minimum Gasteiger partial charge on any atom is -0.330 e. The lowest BCUT2D eigenvalue weighted by Gasteiger charge is -2.08. The van der Waals surface area contributed by atoms with E-state index < -0.39 is 10.8 Å². The first-order valence-electron chi connectivity index (χ1n) is 4.81. The van der Waals surface area contributed by atoms with Crippen LogP contribution in [-0.4, -0.2) is 21.8 Å². The smallest absolute Gasteiger partial charge is 0.0331 e. The Labute approximate surface area is 77.4 Å². The van der Waals surface area contributed by atoms with E-state index in [1.807, 2.05) is 6.92 Å². The molecule has 0 aromatic heterocycles. The van der Waals surface area contributed by atoms with Gasteiger partial charge in [-0.3, -0.25) is 4.21 Å².